The van der Waals surface area contributed by atoms with E-state index in [0.29, 0.717) is 5.75 Å². The summed E-state index contributed by atoms with van der Waals surface area (Å²) in [6.07, 6.45) is 4.53. The van der Waals surface area contributed by atoms with Gasteiger partial charge >= 0.3 is 0 Å². The first-order chi connectivity index (χ1) is 6.93. The molecule has 0 unspecified atom stereocenters. The van der Waals surface area contributed by atoms with E-state index in [-0.39, 0.29) is 11.4 Å². The molecule has 0 aliphatic heterocycles. The number of thiol groups is 1. The average Bonchev–Trinajstić information content (AvgIpc) is 2.16. The topological polar surface area (TPSA) is 55.1 Å². The van der Waals surface area contributed by atoms with E-state index in [0.717, 1.165) is 12.8 Å². The first-order valence-corrected chi connectivity index (χ1v) is 6.24. The summed E-state index contributed by atoms with van der Waals surface area (Å²) in [5.41, 5.74) is 5.43. The molecule has 0 rings (SSSR count). The Labute approximate surface area is 98.6 Å². The van der Waals surface area contributed by atoms with Crippen molar-refractivity contribution in [2.75, 3.05) is 5.75 Å². The van der Waals surface area contributed by atoms with Crippen molar-refractivity contribution >= 4 is 18.5 Å². The molecule has 1 amide bonds. The zero-order valence-corrected chi connectivity index (χ0v) is 10.9. The van der Waals surface area contributed by atoms with Crippen LogP contribution in [0.4, 0.5) is 0 Å². The van der Waals surface area contributed by atoms with Gasteiger partial charge in [-0.05, 0) is 20.3 Å². The molecule has 0 aromatic heterocycles. The van der Waals surface area contributed by atoms with Crippen molar-refractivity contribution in [1.29, 1.82) is 0 Å². The Morgan fingerprint density at radius 1 is 1.47 bits per heavy atom. The quantitative estimate of drug-likeness (QED) is 0.462. The third-order valence-electron chi connectivity index (χ3n) is 2.40. The molecule has 0 radical (unpaired) electrons. The molecule has 0 saturated carbocycles. The van der Waals surface area contributed by atoms with Crippen molar-refractivity contribution in [3.05, 3.63) is 0 Å². The Morgan fingerprint density at radius 3 is 2.53 bits per heavy atom. The van der Waals surface area contributed by atoms with Gasteiger partial charge in [0.25, 0.3) is 0 Å². The second-order valence-electron chi connectivity index (χ2n) is 4.62. The summed E-state index contributed by atoms with van der Waals surface area (Å²) in [5.74, 6) is 0.281. The van der Waals surface area contributed by atoms with Gasteiger partial charge in [0, 0.05) is 11.3 Å². The Kier molecular flexibility index (Phi) is 7.02. The summed E-state index contributed by atoms with van der Waals surface area (Å²) >= 11 is 4.00. The minimum atomic E-state index is -0.501. The van der Waals surface area contributed by atoms with Crippen molar-refractivity contribution in [3.63, 3.8) is 0 Å². The zero-order chi connectivity index (χ0) is 11.9. The first-order valence-electron chi connectivity index (χ1n) is 5.61. The fraction of sp³-hybridized carbons (Fsp3) is 0.909. The maximum atomic E-state index is 11.5. The lowest BCUT2D eigenvalue weighted by Gasteiger charge is -2.27. The molecule has 0 aliphatic rings. The largest absolute Gasteiger partial charge is 0.350 e. The van der Waals surface area contributed by atoms with E-state index in [2.05, 4.69) is 24.9 Å². The number of rotatable bonds is 7. The van der Waals surface area contributed by atoms with E-state index in [1.54, 1.807) is 0 Å². The standard InChI is InChI=1S/C11H24N2OS/c1-4-5-6-7-11(2,3)13-10(14)9(12)8-15/h9,15H,4-8,12H2,1-3H3,(H,13,14)/t9-/m0/s1. The first kappa shape index (κ1) is 14.8. The Balaban J connectivity index is 3.95. The Morgan fingerprint density at radius 2 is 2.07 bits per heavy atom. The summed E-state index contributed by atoms with van der Waals surface area (Å²) in [6.45, 7) is 6.24. The highest BCUT2D eigenvalue weighted by atomic mass is 32.1. The molecule has 0 aliphatic carbocycles. The maximum absolute atomic E-state index is 11.5. The number of hydrogen-bond donors (Lipinski definition) is 3. The van der Waals surface area contributed by atoms with Gasteiger partial charge < -0.3 is 11.1 Å². The van der Waals surface area contributed by atoms with Gasteiger partial charge in [0.15, 0.2) is 0 Å². The van der Waals surface area contributed by atoms with Crippen LogP contribution in [0.5, 0.6) is 0 Å². The number of hydrogen-bond acceptors (Lipinski definition) is 3. The molecule has 1 atom stereocenters. The van der Waals surface area contributed by atoms with Gasteiger partial charge in [-0.15, -0.1) is 0 Å². The monoisotopic (exact) mass is 232 g/mol. The summed E-state index contributed by atoms with van der Waals surface area (Å²) < 4.78 is 0. The lowest BCUT2D eigenvalue weighted by atomic mass is 9.96. The molecule has 0 heterocycles. The number of nitrogens with two attached hydrogens (primary N) is 1. The Hall–Kier alpha value is -0.220. The lowest BCUT2D eigenvalue weighted by Crippen LogP contribution is -2.51. The molecular weight excluding hydrogens is 208 g/mol. The molecule has 0 aromatic carbocycles. The predicted molar refractivity (Wildman–Crippen MR) is 68.2 cm³/mol. The van der Waals surface area contributed by atoms with Crippen molar-refractivity contribution in [3.8, 4) is 0 Å². The molecule has 0 aromatic rings. The summed E-state index contributed by atoms with van der Waals surface area (Å²) in [5, 5.41) is 2.95. The highest BCUT2D eigenvalue weighted by Gasteiger charge is 2.22. The van der Waals surface area contributed by atoms with Gasteiger partial charge in [-0.25, -0.2) is 0 Å². The summed E-state index contributed by atoms with van der Waals surface area (Å²) in [4.78, 5) is 11.5. The van der Waals surface area contributed by atoms with Crippen LogP contribution >= 0.6 is 12.6 Å². The van der Waals surface area contributed by atoms with Gasteiger partial charge in [0.1, 0.15) is 0 Å². The predicted octanol–water partition coefficient (Wildman–Crippen LogP) is 1.72. The number of carbonyl (C=O) groups is 1. The molecule has 3 nitrogen and oxygen atoms in total. The van der Waals surface area contributed by atoms with Crippen LogP contribution in [0.3, 0.4) is 0 Å². The van der Waals surface area contributed by atoms with Gasteiger partial charge in [-0.3, -0.25) is 4.79 Å². The molecule has 90 valence electrons. The molecule has 0 bridgehead atoms. The lowest BCUT2D eigenvalue weighted by molar-refractivity contribution is -0.123. The summed E-state index contributed by atoms with van der Waals surface area (Å²) in [7, 11) is 0. The highest BCUT2D eigenvalue weighted by molar-refractivity contribution is 7.80. The van der Waals surface area contributed by atoms with Crippen LogP contribution in [0.1, 0.15) is 46.5 Å². The molecule has 0 saturated heterocycles. The molecule has 3 N–H and O–H groups in total. The smallest absolute Gasteiger partial charge is 0.238 e. The van der Waals surface area contributed by atoms with Crippen molar-refractivity contribution in [2.24, 2.45) is 5.73 Å². The fourth-order valence-electron chi connectivity index (χ4n) is 1.39. The number of nitrogens with one attached hydrogen (secondary N) is 1. The van der Waals surface area contributed by atoms with Crippen molar-refractivity contribution in [1.82, 2.24) is 5.32 Å². The van der Waals surface area contributed by atoms with Crippen LogP contribution in [-0.4, -0.2) is 23.2 Å². The van der Waals surface area contributed by atoms with E-state index in [1.165, 1.54) is 12.8 Å². The summed E-state index contributed by atoms with van der Waals surface area (Å²) in [6, 6.07) is -0.501. The van der Waals surface area contributed by atoms with Crippen molar-refractivity contribution in [2.45, 2.75) is 58.0 Å². The highest BCUT2D eigenvalue weighted by Crippen LogP contribution is 2.13. The Bertz CT molecular complexity index is 195. The van der Waals surface area contributed by atoms with Crippen LogP contribution in [0.15, 0.2) is 0 Å². The van der Waals surface area contributed by atoms with Gasteiger partial charge in [-0.1, -0.05) is 26.2 Å². The molecule has 4 heteroatoms. The van der Waals surface area contributed by atoms with Crippen LogP contribution < -0.4 is 11.1 Å². The fourth-order valence-corrected chi connectivity index (χ4v) is 1.55. The average molecular weight is 232 g/mol. The molecule has 0 fully saturated rings. The zero-order valence-electron chi connectivity index (χ0n) is 10.0. The molecule has 15 heavy (non-hydrogen) atoms. The van der Waals surface area contributed by atoms with Crippen LogP contribution in [0.2, 0.25) is 0 Å². The maximum Gasteiger partial charge on any atom is 0.238 e. The third-order valence-corrected chi connectivity index (χ3v) is 2.79. The molecular formula is C11H24N2OS. The van der Waals surface area contributed by atoms with E-state index in [1.807, 2.05) is 13.8 Å². The van der Waals surface area contributed by atoms with E-state index < -0.39 is 6.04 Å². The van der Waals surface area contributed by atoms with Gasteiger partial charge in [0.05, 0.1) is 6.04 Å². The van der Waals surface area contributed by atoms with Crippen LogP contribution in [-0.2, 0) is 4.79 Å². The van der Waals surface area contributed by atoms with Crippen LogP contribution in [0.25, 0.3) is 0 Å². The van der Waals surface area contributed by atoms with Gasteiger partial charge in [-0.2, -0.15) is 12.6 Å². The number of amides is 1. The van der Waals surface area contributed by atoms with E-state index in [4.69, 9.17) is 5.73 Å². The second kappa shape index (κ2) is 7.12. The van der Waals surface area contributed by atoms with Gasteiger partial charge in [0.2, 0.25) is 5.91 Å². The second-order valence-corrected chi connectivity index (χ2v) is 4.98. The van der Waals surface area contributed by atoms with E-state index in [9.17, 15) is 4.79 Å². The third kappa shape index (κ3) is 6.79. The number of unbranched alkanes of at least 4 members (excludes halogenated alkanes) is 2. The van der Waals surface area contributed by atoms with Crippen molar-refractivity contribution < 1.29 is 4.79 Å². The van der Waals surface area contributed by atoms with Crippen LogP contribution in [0, 0.1) is 0 Å². The number of carbonyl (C=O) groups excluding carboxylic acids is 1. The SMILES string of the molecule is CCCCCC(C)(C)NC(=O)[C@@H](N)CS. The minimum absolute atomic E-state index is 0.105. The molecule has 0 spiro atoms. The normalized spacial score (nSPS) is 13.7. The van der Waals surface area contributed by atoms with E-state index >= 15 is 0 Å². The minimum Gasteiger partial charge on any atom is -0.350 e.